The molecule has 0 bridgehead atoms. The van der Waals surface area contributed by atoms with Gasteiger partial charge in [0.2, 0.25) is 6.79 Å². The predicted octanol–water partition coefficient (Wildman–Crippen LogP) is 7.44. The molecule has 6 rings (SSSR count). The summed E-state index contributed by atoms with van der Waals surface area (Å²) < 4.78 is 40.3. The number of amides is 2. The third-order valence-corrected chi connectivity index (χ3v) is 14.1. The predicted molar refractivity (Wildman–Crippen MR) is 210 cm³/mol. The minimum absolute atomic E-state index is 0.00737. The second kappa shape index (κ2) is 17.8. The Balaban J connectivity index is 1.13. The van der Waals surface area contributed by atoms with E-state index in [-0.39, 0.29) is 45.8 Å². The van der Waals surface area contributed by atoms with Crippen molar-refractivity contribution in [1.82, 2.24) is 10.2 Å². The molecular formula is C38H38Cl2N2O9S3. The summed E-state index contributed by atoms with van der Waals surface area (Å²) in [5.74, 6) is -1.24. The number of benzene rings is 3. The van der Waals surface area contributed by atoms with Crippen molar-refractivity contribution in [3.8, 4) is 0 Å². The smallest absolute Gasteiger partial charge is 0.331 e. The number of fused-ring (bicyclic) bond motifs is 2. The highest BCUT2D eigenvalue weighted by molar-refractivity contribution is 8.77. The number of carbonyl (C=O) groups excluding carboxylic acids is 4. The van der Waals surface area contributed by atoms with E-state index < -0.39 is 40.5 Å². The fourth-order valence-electron chi connectivity index (χ4n) is 6.40. The van der Waals surface area contributed by atoms with Crippen molar-refractivity contribution < 1.29 is 41.5 Å². The first-order valence-corrected chi connectivity index (χ1v) is 22.4. The number of esters is 2. The third-order valence-electron chi connectivity index (χ3n) is 9.28. The van der Waals surface area contributed by atoms with Crippen LogP contribution in [0.2, 0.25) is 10.0 Å². The van der Waals surface area contributed by atoms with Crippen molar-refractivity contribution in [2.45, 2.75) is 67.7 Å². The maximum Gasteiger partial charge on any atom is 0.331 e. The van der Waals surface area contributed by atoms with Crippen molar-refractivity contribution in [2.24, 2.45) is 0 Å². The van der Waals surface area contributed by atoms with E-state index in [0.29, 0.717) is 52.5 Å². The second-order valence-corrected chi connectivity index (χ2v) is 18.7. The first-order chi connectivity index (χ1) is 25.9. The average molecular weight is 834 g/mol. The van der Waals surface area contributed by atoms with Crippen LogP contribution in [-0.2, 0) is 48.3 Å². The van der Waals surface area contributed by atoms with E-state index >= 15 is 0 Å². The number of rotatable bonds is 14. The van der Waals surface area contributed by atoms with Gasteiger partial charge >= 0.3 is 11.9 Å². The summed E-state index contributed by atoms with van der Waals surface area (Å²) >= 11 is 13.5. The molecule has 4 aromatic rings. The molecule has 54 heavy (non-hydrogen) atoms. The Hall–Kier alpha value is -3.69. The molecule has 1 saturated heterocycles. The first kappa shape index (κ1) is 40.0. The van der Waals surface area contributed by atoms with Crippen LogP contribution in [0.4, 0.5) is 0 Å². The molecule has 3 aromatic carbocycles. The molecule has 2 unspecified atom stereocenters. The SMILES string of the molecule is CS(=O)(=O)c1cccc(CC(NC(=O)c2c(Cl)cc3c(c2Cl)CCN(C(=O)c2ccc4ccoc4c2)C3)C(=O)OCOC(=O)CCCCC2CCSS2)c1. The van der Waals surface area contributed by atoms with Gasteiger partial charge in [-0.15, -0.1) is 0 Å². The molecule has 16 heteroatoms. The monoisotopic (exact) mass is 832 g/mol. The molecule has 1 aromatic heterocycles. The van der Waals surface area contributed by atoms with Gasteiger partial charge in [-0.3, -0.25) is 14.4 Å². The maximum atomic E-state index is 13.8. The number of furan rings is 1. The molecule has 2 atom stereocenters. The van der Waals surface area contributed by atoms with E-state index in [1.165, 1.54) is 24.6 Å². The van der Waals surface area contributed by atoms with E-state index in [1.54, 1.807) is 35.4 Å². The Bertz CT molecular complexity index is 2170. The minimum Gasteiger partial charge on any atom is -0.464 e. The molecule has 0 radical (unpaired) electrons. The standard InChI is InChI=1S/C38H38Cl2N2O9S3/c1-54(47,48)28-7-4-5-23(17-28)18-31(38(46)51-22-50-33(43)8-3-2-6-27-13-16-52-53-27)41-36(44)34-30(39)19-26-21-42(14-11-29(26)35(34)40)37(45)25-10-9-24-12-15-49-32(24)20-25/h4-5,7,9-10,12,15,17,19-20,27,31H,2-3,6,8,11,13-14,16,18,21-22H2,1H3,(H,41,44). The summed E-state index contributed by atoms with van der Waals surface area (Å²) in [6, 6.07) is 13.3. The van der Waals surface area contributed by atoms with Crippen LogP contribution in [0.15, 0.2) is 70.2 Å². The maximum absolute atomic E-state index is 13.8. The van der Waals surface area contributed by atoms with Gasteiger partial charge in [0, 0.05) is 54.1 Å². The minimum atomic E-state index is -3.56. The van der Waals surface area contributed by atoms with Gasteiger partial charge in [-0.1, -0.05) is 69.4 Å². The zero-order chi connectivity index (χ0) is 38.4. The summed E-state index contributed by atoms with van der Waals surface area (Å²) in [7, 11) is 0.193. The van der Waals surface area contributed by atoms with E-state index in [2.05, 4.69) is 5.32 Å². The number of nitrogens with zero attached hydrogens (tertiary/aromatic N) is 1. The van der Waals surface area contributed by atoms with Crippen LogP contribution in [0.1, 0.15) is 69.5 Å². The number of hydrogen-bond acceptors (Lipinski definition) is 11. The molecule has 3 heterocycles. The van der Waals surface area contributed by atoms with Crippen LogP contribution in [0.25, 0.3) is 11.0 Å². The number of nitrogens with one attached hydrogen (secondary N) is 1. The Morgan fingerprint density at radius 3 is 2.67 bits per heavy atom. The molecule has 0 aliphatic carbocycles. The van der Waals surface area contributed by atoms with Gasteiger partial charge in [-0.2, -0.15) is 0 Å². The van der Waals surface area contributed by atoms with Crippen LogP contribution in [0, 0.1) is 0 Å². The van der Waals surface area contributed by atoms with Crippen molar-refractivity contribution in [2.75, 3.05) is 25.3 Å². The molecule has 286 valence electrons. The Morgan fingerprint density at radius 2 is 1.89 bits per heavy atom. The Morgan fingerprint density at radius 1 is 1.06 bits per heavy atom. The number of unbranched alkanes of at least 4 members (excludes halogenated alkanes) is 1. The van der Waals surface area contributed by atoms with E-state index in [9.17, 15) is 27.6 Å². The van der Waals surface area contributed by atoms with Gasteiger partial charge in [0.05, 0.1) is 26.8 Å². The molecule has 1 N–H and O–H groups in total. The molecule has 0 spiro atoms. The van der Waals surface area contributed by atoms with Crippen LogP contribution in [0.5, 0.6) is 0 Å². The molecule has 11 nitrogen and oxygen atoms in total. The highest BCUT2D eigenvalue weighted by Gasteiger charge is 2.31. The number of halogens is 2. The van der Waals surface area contributed by atoms with Crippen molar-refractivity contribution in [3.63, 3.8) is 0 Å². The molecule has 2 amide bonds. The highest BCUT2D eigenvalue weighted by Crippen LogP contribution is 2.40. The fourth-order valence-corrected chi connectivity index (χ4v) is 10.9. The van der Waals surface area contributed by atoms with Gasteiger partial charge in [0.15, 0.2) is 9.84 Å². The zero-order valence-corrected chi connectivity index (χ0v) is 33.3. The summed E-state index contributed by atoms with van der Waals surface area (Å²) in [4.78, 5) is 54.7. The van der Waals surface area contributed by atoms with Crippen LogP contribution < -0.4 is 5.32 Å². The van der Waals surface area contributed by atoms with E-state index in [4.69, 9.17) is 37.1 Å². The lowest BCUT2D eigenvalue weighted by molar-refractivity contribution is -0.168. The van der Waals surface area contributed by atoms with E-state index in [1.807, 2.05) is 33.7 Å². The topological polar surface area (TPSA) is 149 Å². The lowest BCUT2D eigenvalue weighted by Crippen LogP contribution is -2.44. The number of hydrogen-bond donors (Lipinski definition) is 1. The molecule has 0 saturated carbocycles. The second-order valence-electron chi connectivity index (χ2n) is 13.2. The summed E-state index contributed by atoms with van der Waals surface area (Å²) in [6.07, 6.45) is 6.74. The lowest BCUT2D eigenvalue weighted by atomic mass is 9.95. The van der Waals surface area contributed by atoms with Crippen molar-refractivity contribution in [1.29, 1.82) is 0 Å². The fraction of sp³-hybridized carbons (Fsp3) is 0.368. The zero-order valence-electron chi connectivity index (χ0n) is 29.3. The van der Waals surface area contributed by atoms with Crippen LogP contribution in [-0.4, -0.2) is 73.7 Å². The molecule has 2 aliphatic heterocycles. The summed E-state index contributed by atoms with van der Waals surface area (Å²) in [5.41, 5.74) is 2.75. The van der Waals surface area contributed by atoms with Gasteiger partial charge < -0.3 is 24.1 Å². The van der Waals surface area contributed by atoms with Gasteiger partial charge in [-0.05, 0) is 78.8 Å². The van der Waals surface area contributed by atoms with Gasteiger partial charge in [-0.25, -0.2) is 13.2 Å². The lowest BCUT2D eigenvalue weighted by Gasteiger charge is -2.30. The number of ether oxygens (including phenoxy) is 2. The number of sulfone groups is 1. The van der Waals surface area contributed by atoms with Crippen molar-refractivity contribution in [3.05, 3.63) is 98.7 Å². The first-order valence-electron chi connectivity index (χ1n) is 17.3. The molecule has 1 fully saturated rings. The highest BCUT2D eigenvalue weighted by atomic mass is 35.5. The largest absolute Gasteiger partial charge is 0.464 e. The summed E-state index contributed by atoms with van der Waals surface area (Å²) in [5, 5.41) is 4.24. The van der Waals surface area contributed by atoms with Gasteiger partial charge in [0.1, 0.15) is 11.6 Å². The number of carbonyl (C=O) groups is 4. The van der Waals surface area contributed by atoms with Gasteiger partial charge in [0.25, 0.3) is 11.8 Å². The van der Waals surface area contributed by atoms with Crippen LogP contribution in [0.3, 0.4) is 0 Å². The Labute approximate surface area is 331 Å². The normalized spacial score (nSPS) is 16.1. The van der Waals surface area contributed by atoms with Crippen molar-refractivity contribution >= 4 is 89.3 Å². The quantitative estimate of drug-likeness (QED) is 0.0585. The third kappa shape index (κ3) is 9.94. The van der Waals surface area contributed by atoms with Crippen LogP contribution >= 0.6 is 44.8 Å². The van der Waals surface area contributed by atoms with E-state index in [0.717, 1.165) is 30.2 Å². The Kier molecular flexibility index (Phi) is 13.2. The average Bonchev–Trinajstić information content (AvgIpc) is 3.84. The molecular weight excluding hydrogens is 796 g/mol. The summed E-state index contributed by atoms with van der Waals surface area (Å²) in [6.45, 7) is -0.129. The molecule has 2 aliphatic rings.